The van der Waals surface area contributed by atoms with Gasteiger partial charge in [0.05, 0.1) is 6.07 Å². The number of nitrogens with one attached hydrogen (secondary N) is 1. The molecular formula is C14H23N3. The molecule has 94 valence electrons. The summed E-state index contributed by atoms with van der Waals surface area (Å²) in [6, 6.07) is 2.67. The highest BCUT2D eigenvalue weighted by molar-refractivity contribution is 5.11. The Hall–Kier alpha value is -0.850. The van der Waals surface area contributed by atoms with Crippen molar-refractivity contribution in [2.45, 2.75) is 32.7 Å². The number of nitriles is 1. The first-order valence-electron chi connectivity index (χ1n) is 6.72. The number of nitrogens with zero attached hydrogens (tertiary/aromatic N) is 2. The topological polar surface area (TPSA) is 39.1 Å². The van der Waals surface area contributed by atoms with Gasteiger partial charge in [0.2, 0.25) is 0 Å². The molecule has 1 fully saturated rings. The lowest BCUT2D eigenvalue weighted by Crippen LogP contribution is -2.50. The van der Waals surface area contributed by atoms with Crippen LogP contribution in [0.1, 0.15) is 26.7 Å². The molecule has 17 heavy (non-hydrogen) atoms. The molecule has 1 N–H and O–H groups in total. The number of hydrogen-bond donors (Lipinski definition) is 1. The maximum atomic E-state index is 9.47. The van der Waals surface area contributed by atoms with Gasteiger partial charge in [-0.3, -0.25) is 4.90 Å². The van der Waals surface area contributed by atoms with Gasteiger partial charge in [-0.15, -0.1) is 0 Å². The summed E-state index contributed by atoms with van der Waals surface area (Å²) in [6.07, 6.45) is 4.63. The van der Waals surface area contributed by atoms with Crippen LogP contribution in [-0.4, -0.2) is 37.1 Å². The standard InChI is InChI=1S/C14H23N3/c1-11-7-12(2)9-13(8-11)14(10-15)17-5-3-16-4-6-17/h7,11,13-14,16H,3-6,8-9H2,1-2H3. The largest absolute Gasteiger partial charge is 0.314 e. The van der Waals surface area contributed by atoms with Crippen molar-refractivity contribution in [2.24, 2.45) is 11.8 Å². The molecule has 3 nitrogen and oxygen atoms in total. The lowest BCUT2D eigenvalue weighted by molar-refractivity contribution is 0.146. The van der Waals surface area contributed by atoms with Crippen LogP contribution in [0.3, 0.4) is 0 Å². The van der Waals surface area contributed by atoms with E-state index in [0.29, 0.717) is 11.8 Å². The van der Waals surface area contributed by atoms with Gasteiger partial charge in [-0.1, -0.05) is 18.6 Å². The minimum Gasteiger partial charge on any atom is -0.314 e. The second-order valence-electron chi connectivity index (χ2n) is 5.55. The second-order valence-corrected chi connectivity index (χ2v) is 5.55. The van der Waals surface area contributed by atoms with E-state index in [0.717, 1.165) is 32.6 Å². The monoisotopic (exact) mass is 233 g/mol. The van der Waals surface area contributed by atoms with Crippen LogP contribution in [0.4, 0.5) is 0 Å². The molecule has 0 amide bonds. The van der Waals surface area contributed by atoms with Crippen LogP contribution >= 0.6 is 0 Å². The molecule has 0 aromatic rings. The van der Waals surface area contributed by atoms with E-state index in [2.05, 4.69) is 36.2 Å². The van der Waals surface area contributed by atoms with E-state index in [9.17, 15) is 5.26 Å². The number of hydrogen-bond acceptors (Lipinski definition) is 3. The minimum absolute atomic E-state index is 0.114. The molecule has 3 unspecified atom stereocenters. The average molecular weight is 233 g/mol. The fourth-order valence-electron chi connectivity index (χ4n) is 3.28. The summed E-state index contributed by atoms with van der Waals surface area (Å²) in [5.74, 6) is 1.16. The Kier molecular flexibility index (Phi) is 4.20. The van der Waals surface area contributed by atoms with E-state index in [4.69, 9.17) is 0 Å². The molecule has 0 spiro atoms. The van der Waals surface area contributed by atoms with Crippen molar-refractivity contribution < 1.29 is 0 Å². The van der Waals surface area contributed by atoms with E-state index < -0.39 is 0 Å². The van der Waals surface area contributed by atoms with E-state index in [1.54, 1.807) is 0 Å². The van der Waals surface area contributed by atoms with Gasteiger partial charge >= 0.3 is 0 Å². The van der Waals surface area contributed by atoms with Crippen molar-refractivity contribution >= 4 is 0 Å². The van der Waals surface area contributed by atoms with Crippen LogP contribution < -0.4 is 5.32 Å². The molecule has 0 aromatic carbocycles. The molecule has 1 saturated heterocycles. The van der Waals surface area contributed by atoms with Crippen LogP contribution in [-0.2, 0) is 0 Å². The normalized spacial score (nSPS) is 32.6. The second kappa shape index (κ2) is 5.66. The first kappa shape index (κ1) is 12.6. The highest BCUT2D eigenvalue weighted by Gasteiger charge is 2.31. The highest BCUT2D eigenvalue weighted by atomic mass is 15.2. The molecule has 0 saturated carbocycles. The molecule has 1 aliphatic carbocycles. The number of rotatable bonds is 2. The summed E-state index contributed by atoms with van der Waals surface area (Å²) >= 11 is 0. The Labute approximate surface area is 104 Å². The molecule has 3 atom stereocenters. The van der Waals surface area contributed by atoms with E-state index >= 15 is 0 Å². The molecule has 2 aliphatic rings. The van der Waals surface area contributed by atoms with Gasteiger partial charge in [0.25, 0.3) is 0 Å². The summed E-state index contributed by atoms with van der Waals surface area (Å²) in [4.78, 5) is 2.37. The summed E-state index contributed by atoms with van der Waals surface area (Å²) < 4.78 is 0. The van der Waals surface area contributed by atoms with E-state index in [1.807, 2.05) is 0 Å². The SMILES string of the molecule is CC1=CC(C)CC(C(C#N)N2CCNCC2)C1. The van der Waals surface area contributed by atoms with Crippen molar-refractivity contribution in [1.82, 2.24) is 10.2 Å². The van der Waals surface area contributed by atoms with E-state index in [-0.39, 0.29) is 6.04 Å². The molecule has 2 rings (SSSR count). The van der Waals surface area contributed by atoms with E-state index in [1.165, 1.54) is 12.0 Å². The molecule has 1 aliphatic heterocycles. The molecule has 1 heterocycles. The van der Waals surface area contributed by atoms with Crippen molar-refractivity contribution in [3.05, 3.63) is 11.6 Å². The zero-order chi connectivity index (χ0) is 12.3. The van der Waals surface area contributed by atoms with Gasteiger partial charge in [-0.2, -0.15) is 5.26 Å². The quantitative estimate of drug-likeness (QED) is 0.739. The average Bonchev–Trinajstić information content (AvgIpc) is 2.30. The van der Waals surface area contributed by atoms with Crippen LogP contribution in [0.25, 0.3) is 0 Å². The highest BCUT2D eigenvalue weighted by Crippen LogP contribution is 2.32. The Morgan fingerprint density at radius 1 is 1.47 bits per heavy atom. The van der Waals surface area contributed by atoms with Crippen LogP contribution in [0, 0.1) is 23.2 Å². The first-order valence-corrected chi connectivity index (χ1v) is 6.72. The zero-order valence-electron chi connectivity index (χ0n) is 10.9. The predicted octanol–water partition coefficient (Wildman–Crippen LogP) is 1.78. The number of allylic oxidation sites excluding steroid dienone is 2. The summed E-state index contributed by atoms with van der Waals surface area (Å²) in [7, 11) is 0. The summed E-state index contributed by atoms with van der Waals surface area (Å²) in [5.41, 5.74) is 1.46. The predicted molar refractivity (Wildman–Crippen MR) is 69.5 cm³/mol. The number of piperazine rings is 1. The van der Waals surface area contributed by atoms with Gasteiger partial charge in [0, 0.05) is 26.2 Å². The Morgan fingerprint density at radius 2 is 2.18 bits per heavy atom. The Balaban J connectivity index is 2.03. The van der Waals surface area contributed by atoms with Gasteiger partial charge in [-0.25, -0.2) is 0 Å². The van der Waals surface area contributed by atoms with Crippen molar-refractivity contribution in [2.75, 3.05) is 26.2 Å². The zero-order valence-corrected chi connectivity index (χ0v) is 10.9. The lowest BCUT2D eigenvalue weighted by atomic mass is 9.79. The fraction of sp³-hybridized carbons (Fsp3) is 0.786. The molecule has 0 aromatic heterocycles. The van der Waals surface area contributed by atoms with Crippen molar-refractivity contribution in [3.63, 3.8) is 0 Å². The third-order valence-corrected chi connectivity index (χ3v) is 3.95. The molecule has 0 radical (unpaired) electrons. The maximum absolute atomic E-state index is 9.47. The summed E-state index contributed by atoms with van der Waals surface area (Å²) in [6.45, 7) is 8.55. The van der Waals surface area contributed by atoms with Gasteiger partial charge in [0.1, 0.15) is 6.04 Å². The minimum atomic E-state index is 0.114. The van der Waals surface area contributed by atoms with Gasteiger partial charge in [-0.05, 0) is 31.6 Å². The van der Waals surface area contributed by atoms with Crippen LogP contribution in [0.2, 0.25) is 0 Å². The molecule has 3 heteroatoms. The lowest BCUT2D eigenvalue weighted by Gasteiger charge is -2.37. The first-order chi connectivity index (χ1) is 8.20. The van der Waals surface area contributed by atoms with Crippen LogP contribution in [0.15, 0.2) is 11.6 Å². The Bertz CT molecular complexity index is 323. The van der Waals surface area contributed by atoms with Crippen molar-refractivity contribution in [3.8, 4) is 6.07 Å². The third-order valence-electron chi connectivity index (χ3n) is 3.95. The maximum Gasteiger partial charge on any atom is 0.101 e. The third kappa shape index (κ3) is 3.08. The summed E-state index contributed by atoms with van der Waals surface area (Å²) in [5, 5.41) is 12.8. The van der Waals surface area contributed by atoms with Gasteiger partial charge in [0.15, 0.2) is 0 Å². The molecule has 0 bridgehead atoms. The van der Waals surface area contributed by atoms with Crippen LogP contribution in [0.5, 0.6) is 0 Å². The molecular weight excluding hydrogens is 210 g/mol. The van der Waals surface area contributed by atoms with Crippen molar-refractivity contribution in [1.29, 1.82) is 5.26 Å². The smallest absolute Gasteiger partial charge is 0.101 e. The Morgan fingerprint density at radius 3 is 2.76 bits per heavy atom. The van der Waals surface area contributed by atoms with Gasteiger partial charge < -0.3 is 5.32 Å². The fourth-order valence-corrected chi connectivity index (χ4v) is 3.28.